The molecule has 2 aromatic rings. The summed E-state index contributed by atoms with van der Waals surface area (Å²) in [4.78, 5) is 9.67. The van der Waals surface area contributed by atoms with Gasteiger partial charge in [0.15, 0.2) is 0 Å². The fraction of sp³-hybridized carbons (Fsp3) is 0.111. The molecular formula is C9H6ClIN2S. The highest BCUT2D eigenvalue weighted by Crippen LogP contribution is 2.17. The van der Waals surface area contributed by atoms with Crippen LogP contribution in [0.1, 0.15) is 10.7 Å². The van der Waals surface area contributed by atoms with Crippen LogP contribution < -0.4 is 0 Å². The second-order valence-electron chi connectivity index (χ2n) is 2.68. The first-order valence-electron chi connectivity index (χ1n) is 3.95. The molecule has 0 saturated heterocycles. The van der Waals surface area contributed by atoms with Crippen molar-refractivity contribution in [3.05, 3.63) is 43.1 Å². The molecule has 2 heterocycles. The summed E-state index contributed by atoms with van der Waals surface area (Å²) in [5.74, 6) is 0.776. The molecule has 72 valence electrons. The molecule has 0 fully saturated rings. The fourth-order valence-electron chi connectivity index (χ4n) is 1.03. The van der Waals surface area contributed by atoms with Crippen LogP contribution in [-0.2, 0) is 6.42 Å². The average Bonchev–Trinajstić information content (AvgIpc) is 2.64. The van der Waals surface area contributed by atoms with E-state index in [0.29, 0.717) is 5.15 Å². The van der Waals surface area contributed by atoms with Gasteiger partial charge in [0.2, 0.25) is 0 Å². The van der Waals surface area contributed by atoms with E-state index in [0.717, 1.165) is 15.8 Å². The first-order valence-corrected chi connectivity index (χ1v) is 6.28. The summed E-state index contributed by atoms with van der Waals surface area (Å²) in [5.41, 5.74) is 0. The van der Waals surface area contributed by atoms with E-state index in [4.69, 9.17) is 11.6 Å². The molecule has 0 aliphatic carbocycles. The number of aromatic nitrogens is 2. The Hall–Kier alpha value is -0.200. The van der Waals surface area contributed by atoms with E-state index in [-0.39, 0.29) is 0 Å². The third-order valence-electron chi connectivity index (χ3n) is 1.66. The third-order valence-corrected chi connectivity index (χ3v) is 3.94. The van der Waals surface area contributed by atoms with Gasteiger partial charge in [0.1, 0.15) is 11.0 Å². The van der Waals surface area contributed by atoms with Crippen LogP contribution in [-0.4, -0.2) is 9.97 Å². The zero-order valence-electron chi connectivity index (χ0n) is 7.08. The predicted octanol–water partition coefficient (Wildman–Crippen LogP) is 3.39. The summed E-state index contributed by atoms with van der Waals surface area (Å²) < 4.78 is 0.888. The molecule has 0 atom stereocenters. The van der Waals surface area contributed by atoms with Crippen molar-refractivity contribution in [2.24, 2.45) is 0 Å². The molecule has 0 N–H and O–H groups in total. The van der Waals surface area contributed by atoms with Gasteiger partial charge in [-0.1, -0.05) is 17.7 Å². The van der Waals surface area contributed by atoms with Crippen molar-refractivity contribution < 1.29 is 0 Å². The van der Waals surface area contributed by atoms with E-state index in [1.807, 2.05) is 11.4 Å². The van der Waals surface area contributed by atoms with Gasteiger partial charge < -0.3 is 0 Å². The van der Waals surface area contributed by atoms with Gasteiger partial charge in [-0.15, -0.1) is 11.3 Å². The van der Waals surface area contributed by atoms with Gasteiger partial charge >= 0.3 is 0 Å². The van der Waals surface area contributed by atoms with Gasteiger partial charge in [0.25, 0.3) is 0 Å². The maximum atomic E-state index is 5.90. The largest absolute Gasteiger partial charge is 0.240 e. The number of halogens is 2. The number of hydrogen-bond donors (Lipinski definition) is 0. The van der Waals surface area contributed by atoms with Gasteiger partial charge in [-0.3, -0.25) is 0 Å². The Bertz CT molecular complexity index is 430. The molecule has 0 amide bonds. The zero-order chi connectivity index (χ0) is 9.97. The Morgan fingerprint density at radius 1 is 1.50 bits per heavy atom. The van der Waals surface area contributed by atoms with Crippen molar-refractivity contribution in [1.29, 1.82) is 0 Å². The topological polar surface area (TPSA) is 25.8 Å². The molecule has 2 aromatic heterocycles. The summed E-state index contributed by atoms with van der Waals surface area (Å²) in [6, 6.07) is 4.09. The highest BCUT2D eigenvalue weighted by molar-refractivity contribution is 14.1. The Kier molecular flexibility index (Phi) is 3.35. The number of thiophene rings is 1. The number of rotatable bonds is 2. The molecule has 0 spiro atoms. The van der Waals surface area contributed by atoms with Crippen LogP contribution in [0.15, 0.2) is 23.7 Å². The Labute approximate surface area is 104 Å². The van der Waals surface area contributed by atoms with Gasteiger partial charge in [0.05, 0.1) is 3.57 Å². The minimum Gasteiger partial charge on any atom is -0.240 e. The van der Waals surface area contributed by atoms with E-state index in [2.05, 4.69) is 38.6 Å². The molecule has 0 radical (unpaired) electrons. The van der Waals surface area contributed by atoms with E-state index in [1.54, 1.807) is 17.5 Å². The van der Waals surface area contributed by atoms with Crippen molar-refractivity contribution >= 4 is 45.5 Å². The van der Waals surface area contributed by atoms with Crippen molar-refractivity contribution in [2.45, 2.75) is 6.42 Å². The number of hydrogen-bond acceptors (Lipinski definition) is 3. The van der Waals surface area contributed by atoms with Crippen LogP contribution >= 0.6 is 45.5 Å². The van der Waals surface area contributed by atoms with Crippen LogP contribution in [0.3, 0.4) is 0 Å². The SMILES string of the molecule is Clc1nc(Cc2cccs2)ncc1I. The van der Waals surface area contributed by atoms with Crippen molar-refractivity contribution in [3.63, 3.8) is 0 Å². The minimum atomic E-state index is 0.534. The smallest absolute Gasteiger partial charge is 0.146 e. The van der Waals surface area contributed by atoms with Crippen LogP contribution in [0.4, 0.5) is 0 Å². The second kappa shape index (κ2) is 4.55. The molecule has 2 rings (SSSR count). The van der Waals surface area contributed by atoms with Crippen molar-refractivity contribution in [2.75, 3.05) is 0 Å². The van der Waals surface area contributed by atoms with Crippen LogP contribution in [0, 0.1) is 3.57 Å². The highest BCUT2D eigenvalue weighted by Gasteiger charge is 2.03. The minimum absolute atomic E-state index is 0.534. The van der Waals surface area contributed by atoms with Crippen LogP contribution in [0.5, 0.6) is 0 Å². The standard InChI is InChI=1S/C9H6ClIN2S/c10-9-7(11)5-12-8(13-9)4-6-2-1-3-14-6/h1-3,5H,4H2. The monoisotopic (exact) mass is 336 g/mol. The Morgan fingerprint density at radius 3 is 3.00 bits per heavy atom. The fourth-order valence-corrected chi connectivity index (χ4v) is 2.14. The lowest BCUT2D eigenvalue weighted by molar-refractivity contribution is 0.973. The highest BCUT2D eigenvalue weighted by atomic mass is 127. The molecule has 0 saturated carbocycles. The van der Waals surface area contributed by atoms with Gasteiger partial charge in [0, 0.05) is 17.5 Å². The first kappa shape index (κ1) is 10.3. The normalized spacial score (nSPS) is 10.4. The lowest BCUT2D eigenvalue weighted by atomic mass is 10.3. The van der Waals surface area contributed by atoms with Crippen molar-refractivity contribution in [1.82, 2.24) is 9.97 Å². The maximum absolute atomic E-state index is 5.90. The lowest BCUT2D eigenvalue weighted by Crippen LogP contribution is -1.96. The van der Waals surface area contributed by atoms with Gasteiger partial charge in [-0.2, -0.15) is 0 Å². The van der Waals surface area contributed by atoms with Crippen molar-refractivity contribution in [3.8, 4) is 0 Å². The van der Waals surface area contributed by atoms with E-state index >= 15 is 0 Å². The predicted molar refractivity (Wildman–Crippen MR) is 66.9 cm³/mol. The summed E-state index contributed by atoms with van der Waals surface area (Å²) in [5, 5.41) is 2.58. The molecule has 5 heteroatoms. The third kappa shape index (κ3) is 2.43. The van der Waals surface area contributed by atoms with E-state index in [9.17, 15) is 0 Å². The summed E-state index contributed by atoms with van der Waals surface area (Å²) in [6.07, 6.45) is 2.51. The molecule has 14 heavy (non-hydrogen) atoms. The lowest BCUT2D eigenvalue weighted by Gasteiger charge is -1.99. The molecular weight excluding hydrogens is 331 g/mol. The van der Waals surface area contributed by atoms with Crippen LogP contribution in [0.2, 0.25) is 5.15 Å². The number of nitrogens with zero attached hydrogens (tertiary/aromatic N) is 2. The van der Waals surface area contributed by atoms with E-state index < -0.39 is 0 Å². The summed E-state index contributed by atoms with van der Waals surface area (Å²) in [7, 11) is 0. The molecule has 2 nitrogen and oxygen atoms in total. The molecule has 0 bridgehead atoms. The Balaban J connectivity index is 2.22. The molecule has 0 aromatic carbocycles. The van der Waals surface area contributed by atoms with E-state index in [1.165, 1.54) is 4.88 Å². The quantitative estimate of drug-likeness (QED) is 0.620. The first-order chi connectivity index (χ1) is 6.75. The summed E-state index contributed by atoms with van der Waals surface area (Å²) >= 11 is 9.72. The van der Waals surface area contributed by atoms with Gasteiger partial charge in [-0.25, -0.2) is 9.97 Å². The molecule has 0 aliphatic heterocycles. The van der Waals surface area contributed by atoms with Gasteiger partial charge in [-0.05, 0) is 34.0 Å². The molecule has 0 unspecified atom stereocenters. The average molecular weight is 337 g/mol. The summed E-state index contributed by atoms with van der Waals surface area (Å²) in [6.45, 7) is 0. The van der Waals surface area contributed by atoms with Crippen LogP contribution in [0.25, 0.3) is 0 Å². The zero-order valence-corrected chi connectivity index (χ0v) is 10.8. The Morgan fingerprint density at radius 2 is 2.36 bits per heavy atom. The second-order valence-corrected chi connectivity index (χ2v) is 5.23. The molecule has 0 aliphatic rings. The maximum Gasteiger partial charge on any atom is 0.146 e.